The number of benzene rings is 1. The Bertz CT molecular complexity index is 725. The summed E-state index contributed by atoms with van der Waals surface area (Å²) >= 11 is 0. The van der Waals surface area contributed by atoms with Gasteiger partial charge in [0.05, 0.1) is 12.2 Å². The van der Waals surface area contributed by atoms with Gasteiger partial charge >= 0.3 is 6.03 Å². The van der Waals surface area contributed by atoms with Gasteiger partial charge in [0.2, 0.25) is 5.95 Å². The molecule has 2 aromatic rings. The van der Waals surface area contributed by atoms with Crippen molar-refractivity contribution in [3.05, 3.63) is 47.3 Å². The predicted octanol–water partition coefficient (Wildman–Crippen LogP) is 3.02. The summed E-state index contributed by atoms with van der Waals surface area (Å²) in [5.41, 5.74) is 3.58. The standard InChI is InChI=1S/C18H23N5O/c1-13-7-3-4-8-16(13)22-18(24)19-12-15-11-14(2)20-17(21-15)23-9-5-6-10-23/h3-4,7-8,11H,5-6,9-10,12H2,1-2H3,(H2,19,22,24). The minimum Gasteiger partial charge on any atom is -0.341 e. The van der Waals surface area contributed by atoms with Crippen molar-refractivity contribution >= 4 is 17.7 Å². The second kappa shape index (κ2) is 7.29. The predicted molar refractivity (Wildman–Crippen MR) is 95.3 cm³/mol. The molecule has 6 nitrogen and oxygen atoms in total. The lowest BCUT2D eigenvalue weighted by Gasteiger charge is -2.16. The molecule has 0 aliphatic carbocycles. The molecule has 2 amide bonds. The Hall–Kier alpha value is -2.63. The van der Waals surface area contributed by atoms with Crippen LogP contribution in [0.25, 0.3) is 0 Å². The molecule has 24 heavy (non-hydrogen) atoms. The van der Waals surface area contributed by atoms with Gasteiger partial charge < -0.3 is 15.5 Å². The van der Waals surface area contributed by atoms with Crippen LogP contribution < -0.4 is 15.5 Å². The maximum absolute atomic E-state index is 12.1. The van der Waals surface area contributed by atoms with Crippen LogP contribution in [0.4, 0.5) is 16.4 Å². The smallest absolute Gasteiger partial charge is 0.319 e. The number of nitrogens with zero attached hydrogens (tertiary/aromatic N) is 3. The van der Waals surface area contributed by atoms with Crippen LogP contribution in [0, 0.1) is 13.8 Å². The van der Waals surface area contributed by atoms with E-state index in [1.54, 1.807) is 0 Å². The lowest BCUT2D eigenvalue weighted by molar-refractivity contribution is 0.251. The Kier molecular flexibility index (Phi) is 4.93. The Morgan fingerprint density at radius 2 is 1.92 bits per heavy atom. The molecule has 1 aliphatic rings. The monoisotopic (exact) mass is 325 g/mol. The Morgan fingerprint density at radius 1 is 1.17 bits per heavy atom. The van der Waals surface area contributed by atoms with Gasteiger partial charge in [0.15, 0.2) is 0 Å². The first kappa shape index (κ1) is 16.2. The number of aromatic nitrogens is 2. The third-order valence-corrected chi connectivity index (χ3v) is 4.11. The second-order valence-corrected chi connectivity index (χ2v) is 6.12. The first-order chi connectivity index (χ1) is 11.6. The van der Waals surface area contributed by atoms with Gasteiger partial charge in [0, 0.05) is 24.5 Å². The average molecular weight is 325 g/mol. The quantitative estimate of drug-likeness (QED) is 0.906. The normalized spacial score (nSPS) is 13.8. The molecule has 0 atom stereocenters. The third-order valence-electron chi connectivity index (χ3n) is 4.11. The van der Waals surface area contributed by atoms with Crippen LogP contribution in [-0.2, 0) is 6.54 Å². The molecule has 6 heteroatoms. The second-order valence-electron chi connectivity index (χ2n) is 6.12. The van der Waals surface area contributed by atoms with E-state index in [1.165, 1.54) is 12.8 Å². The summed E-state index contributed by atoms with van der Waals surface area (Å²) in [5, 5.41) is 5.72. The van der Waals surface area contributed by atoms with Crippen molar-refractivity contribution in [3.63, 3.8) is 0 Å². The van der Waals surface area contributed by atoms with Gasteiger partial charge in [-0.3, -0.25) is 0 Å². The molecular weight excluding hydrogens is 302 g/mol. The molecule has 0 bridgehead atoms. The van der Waals surface area contributed by atoms with Crippen LogP contribution in [0.2, 0.25) is 0 Å². The number of aryl methyl sites for hydroxylation is 2. The van der Waals surface area contributed by atoms with E-state index in [4.69, 9.17) is 0 Å². The van der Waals surface area contributed by atoms with Crippen LogP contribution in [0.5, 0.6) is 0 Å². The summed E-state index contributed by atoms with van der Waals surface area (Å²) in [6, 6.07) is 9.37. The summed E-state index contributed by atoms with van der Waals surface area (Å²) in [5.74, 6) is 0.767. The summed E-state index contributed by atoms with van der Waals surface area (Å²) in [6.07, 6.45) is 2.37. The Balaban J connectivity index is 1.61. The maximum atomic E-state index is 12.1. The van der Waals surface area contributed by atoms with E-state index in [0.29, 0.717) is 6.54 Å². The summed E-state index contributed by atoms with van der Waals surface area (Å²) in [4.78, 5) is 23.4. The molecule has 0 saturated carbocycles. The molecule has 0 radical (unpaired) electrons. The number of carbonyl (C=O) groups excluding carboxylic acids is 1. The van der Waals surface area contributed by atoms with Crippen molar-refractivity contribution in [2.24, 2.45) is 0 Å². The summed E-state index contributed by atoms with van der Waals surface area (Å²) in [6.45, 7) is 6.31. The van der Waals surface area contributed by atoms with Crippen molar-refractivity contribution in [2.45, 2.75) is 33.2 Å². The molecule has 3 rings (SSSR count). The molecule has 2 heterocycles. The average Bonchev–Trinajstić information content (AvgIpc) is 3.09. The maximum Gasteiger partial charge on any atom is 0.319 e. The van der Waals surface area contributed by atoms with Crippen molar-refractivity contribution in [1.82, 2.24) is 15.3 Å². The minimum atomic E-state index is -0.233. The molecule has 1 aromatic carbocycles. The topological polar surface area (TPSA) is 70.2 Å². The first-order valence-corrected chi connectivity index (χ1v) is 8.32. The fourth-order valence-corrected chi connectivity index (χ4v) is 2.82. The lowest BCUT2D eigenvalue weighted by Crippen LogP contribution is -2.29. The summed E-state index contributed by atoms with van der Waals surface area (Å²) in [7, 11) is 0. The fraction of sp³-hybridized carbons (Fsp3) is 0.389. The molecule has 0 unspecified atom stereocenters. The number of para-hydroxylation sites is 1. The fourth-order valence-electron chi connectivity index (χ4n) is 2.82. The molecule has 1 saturated heterocycles. The van der Waals surface area contributed by atoms with E-state index in [9.17, 15) is 4.79 Å². The largest absolute Gasteiger partial charge is 0.341 e. The van der Waals surface area contributed by atoms with Gasteiger partial charge in [-0.1, -0.05) is 18.2 Å². The van der Waals surface area contributed by atoms with E-state index in [0.717, 1.165) is 41.7 Å². The van der Waals surface area contributed by atoms with Gasteiger partial charge in [-0.2, -0.15) is 0 Å². The van der Waals surface area contributed by atoms with Crippen molar-refractivity contribution in [2.75, 3.05) is 23.3 Å². The minimum absolute atomic E-state index is 0.233. The lowest BCUT2D eigenvalue weighted by atomic mass is 10.2. The Labute approximate surface area is 142 Å². The van der Waals surface area contributed by atoms with Crippen molar-refractivity contribution in [1.29, 1.82) is 0 Å². The molecule has 1 aromatic heterocycles. The highest BCUT2D eigenvalue weighted by molar-refractivity contribution is 5.89. The van der Waals surface area contributed by atoms with Crippen molar-refractivity contribution < 1.29 is 4.79 Å². The number of rotatable bonds is 4. The van der Waals surface area contributed by atoms with Gasteiger partial charge in [-0.15, -0.1) is 0 Å². The van der Waals surface area contributed by atoms with Crippen molar-refractivity contribution in [3.8, 4) is 0 Å². The highest BCUT2D eigenvalue weighted by atomic mass is 16.2. The summed E-state index contributed by atoms with van der Waals surface area (Å²) < 4.78 is 0. The molecular formula is C18H23N5O. The molecule has 2 N–H and O–H groups in total. The van der Waals surface area contributed by atoms with Crippen LogP contribution >= 0.6 is 0 Å². The van der Waals surface area contributed by atoms with Gasteiger partial charge in [-0.05, 0) is 44.4 Å². The number of nitrogens with one attached hydrogen (secondary N) is 2. The van der Waals surface area contributed by atoms with E-state index in [-0.39, 0.29) is 6.03 Å². The Morgan fingerprint density at radius 3 is 2.67 bits per heavy atom. The zero-order valence-electron chi connectivity index (χ0n) is 14.2. The highest BCUT2D eigenvalue weighted by Crippen LogP contribution is 2.17. The van der Waals surface area contributed by atoms with E-state index in [1.807, 2.05) is 44.2 Å². The SMILES string of the molecule is Cc1cc(CNC(=O)Nc2ccccc2C)nc(N2CCCC2)n1. The zero-order chi connectivity index (χ0) is 16.9. The highest BCUT2D eigenvalue weighted by Gasteiger charge is 2.16. The van der Waals surface area contributed by atoms with Crippen LogP contribution in [0.3, 0.4) is 0 Å². The van der Waals surface area contributed by atoms with Gasteiger partial charge in [-0.25, -0.2) is 14.8 Å². The number of urea groups is 1. The van der Waals surface area contributed by atoms with Gasteiger partial charge in [0.25, 0.3) is 0 Å². The number of carbonyl (C=O) groups is 1. The molecule has 1 aliphatic heterocycles. The van der Waals surface area contributed by atoms with E-state index >= 15 is 0 Å². The van der Waals surface area contributed by atoms with Crippen LogP contribution in [0.15, 0.2) is 30.3 Å². The van der Waals surface area contributed by atoms with Crippen LogP contribution in [-0.4, -0.2) is 29.1 Å². The molecule has 0 spiro atoms. The van der Waals surface area contributed by atoms with Crippen LogP contribution in [0.1, 0.15) is 29.8 Å². The third kappa shape index (κ3) is 4.01. The number of hydrogen-bond acceptors (Lipinski definition) is 4. The van der Waals surface area contributed by atoms with E-state index in [2.05, 4.69) is 25.5 Å². The molecule has 126 valence electrons. The number of anilines is 2. The number of amides is 2. The van der Waals surface area contributed by atoms with E-state index < -0.39 is 0 Å². The zero-order valence-corrected chi connectivity index (χ0v) is 14.2. The molecule has 1 fully saturated rings. The number of hydrogen-bond donors (Lipinski definition) is 2. The van der Waals surface area contributed by atoms with Gasteiger partial charge in [0.1, 0.15) is 0 Å². The first-order valence-electron chi connectivity index (χ1n) is 8.32.